The van der Waals surface area contributed by atoms with Gasteiger partial charge in [-0.05, 0) is 69.0 Å². The Morgan fingerprint density at radius 2 is 1.75 bits per heavy atom. The van der Waals surface area contributed by atoms with Crippen molar-refractivity contribution < 1.29 is 24.2 Å². The van der Waals surface area contributed by atoms with E-state index in [1.807, 2.05) is 37.3 Å². The number of carboxylic acid groups (broad SMARTS) is 1. The molecule has 1 N–H and O–H groups in total. The summed E-state index contributed by atoms with van der Waals surface area (Å²) >= 11 is 12.5. The van der Waals surface area contributed by atoms with Crippen LogP contribution in [0, 0.1) is 5.41 Å². The smallest absolute Gasteiger partial charge is 0.329 e. The summed E-state index contributed by atoms with van der Waals surface area (Å²) in [5.41, 5.74) is -0.347. The number of likely N-dealkylation sites (tertiary alicyclic amines) is 1. The predicted octanol–water partition coefficient (Wildman–Crippen LogP) is 6.65. The van der Waals surface area contributed by atoms with Gasteiger partial charge in [-0.3, -0.25) is 9.59 Å². The van der Waals surface area contributed by atoms with E-state index in [1.54, 1.807) is 50.8 Å². The highest BCUT2D eigenvalue weighted by molar-refractivity contribution is 6.30. The quantitative estimate of drug-likeness (QED) is 0.402. The lowest BCUT2D eigenvalue weighted by Gasteiger charge is -2.51. The normalized spacial score (nSPS) is 23.3. The van der Waals surface area contributed by atoms with E-state index >= 15 is 0 Å². The standard InChI is InChI=1S/C28H33Cl2NO5/c1-6-22(25(34)36-27(2,3)4)31-24(17-10-12-19(29)13-11-17)21(18-8-7-9-20(30)14-18)15-28(5,26(31)35)16-23(32)33/h7-14,21-22,24H,6,15-16H2,1-5H3,(H,32,33)/t21-,22?,24-,28-/m1/s1. The maximum atomic E-state index is 14.2. The van der Waals surface area contributed by atoms with E-state index in [9.17, 15) is 19.5 Å². The van der Waals surface area contributed by atoms with Crippen LogP contribution in [-0.4, -0.2) is 39.5 Å². The molecule has 3 rings (SSSR count). The van der Waals surface area contributed by atoms with Crippen molar-refractivity contribution in [1.29, 1.82) is 0 Å². The average molecular weight is 534 g/mol. The molecule has 0 spiro atoms. The Labute approximate surface area is 222 Å². The minimum atomic E-state index is -1.24. The third kappa shape index (κ3) is 6.22. The van der Waals surface area contributed by atoms with Gasteiger partial charge in [-0.2, -0.15) is 0 Å². The summed E-state index contributed by atoms with van der Waals surface area (Å²) in [6.45, 7) is 8.80. The lowest BCUT2D eigenvalue weighted by molar-refractivity contribution is -0.174. The van der Waals surface area contributed by atoms with Gasteiger partial charge in [0.05, 0.1) is 17.9 Å². The van der Waals surface area contributed by atoms with Crippen LogP contribution in [0.1, 0.15) is 77.0 Å². The minimum absolute atomic E-state index is 0.271. The summed E-state index contributed by atoms with van der Waals surface area (Å²) in [5.74, 6) is -2.32. The number of amides is 1. The van der Waals surface area contributed by atoms with E-state index in [2.05, 4.69) is 0 Å². The topological polar surface area (TPSA) is 83.9 Å². The number of piperidine rings is 1. The molecule has 0 radical (unpaired) electrons. The maximum Gasteiger partial charge on any atom is 0.329 e. The number of hydrogen-bond donors (Lipinski definition) is 1. The monoisotopic (exact) mass is 533 g/mol. The second-order valence-electron chi connectivity index (χ2n) is 10.7. The van der Waals surface area contributed by atoms with E-state index < -0.39 is 35.0 Å². The number of halogens is 2. The van der Waals surface area contributed by atoms with E-state index in [0.717, 1.165) is 11.1 Å². The van der Waals surface area contributed by atoms with Crippen LogP contribution < -0.4 is 0 Å². The largest absolute Gasteiger partial charge is 0.481 e. The average Bonchev–Trinajstić information content (AvgIpc) is 2.76. The number of carboxylic acids is 1. The molecule has 1 aliphatic heterocycles. The van der Waals surface area contributed by atoms with Crippen LogP contribution >= 0.6 is 23.2 Å². The van der Waals surface area contributed by atoms with E-state index in [4.69, 9.17) is 27.9 Å². The van der Waals surface area contributed by atoms with Crippen molar-refractivity contribution in [3.8, 4) is 0 Å². The van der Waals surface area contributed by atoms with E-state index in [1.165, 1.54) is 0 Å². The van der Waals surface area contributed by atoms with Crippen molar-refractivity contribution in [1.82, 2.24) is 4.90 Å². The number of esters is 1. The summed E-state index contributed by atoms with van der Waals surface area (Å²) in [6, 6.07) is 13.0. The van der Waals surface area contributed by atoms with Gasteiger partial charge in [0.25, 0.3) is 0 Å². The van der Waals surface area contributed by atoms with Gasteiger partial charge in [0, 0.05) is 16.0 Å². The number of benzene rings is 2. The van der Waals surface area contributed by atoms with Gasteiger partial charge in [0.15, 0.2) is 0 Å². The Balaban J connectivity index is 2.25. The van der Waals surface area contributed by atoms with Crippen LogP contribution in [-0.2, 0) is 19.1 Å². The van der Waals surface area contributed by atoms with Gasteiger partial charge in [0.1, 0.15) is 11.6 Å². The molecule has 8 heteroatoms. The lowest BCUT2D eigenvalue weighted by Crippen LogP contribution is -2.58. The van der Waals surface area contributed by atoms with Gasteiger partial charge in [-0.1, -0.05) is 61.3 Å². The van der Waals surface area contributed by atoms with Gasteiger partial charge in [-0.25, -0.2) is 4.79 Å². The summed E-state index contributed by atoms with van der Waals surface area (Å²) < 4.78 is 5.71. The van der Waals surface area contributed by atoms with Crippen LogP contribution in [0.2, 0.25) is 10.0 Å². The molecule has 1 heterocycles. The number of ether oxygens (including phenoxy) is 1. The fraction of sp³-hybridized carbons (Fsp3) is 0.464. The highest BCUT2D eigenvalue weighted by Crippen LogP contribution is 2.52. The number of rotatable bonds is 7. The molecule has 1 aliphatic rings. The fourth-order valence-electron chi connectivity index (χ4n) is 5.07. The molecule has 194 valence electrons. The van der Waals surface area contributed by atoms with Crippen LogP contribution in [0.15, 0.2) is 48.5 Å². The van der Waals surface area contributed by atoms with Crippen LogP contribution in [0.5, 0.6) is 0 Å². The van der Waals surface area contributed by atoms with Crippen LogP contribution in [0.3, 0.4) is 0 Å². The predicted molar refractivity (Wildman–Crippen MR) is 140 cm³/mol. The first-order valence-electron chi connectivity index (χ1n) is 12.0. The number of carbonyl (C=O) groups excluding carboxylic acids is 2. The first-order chi connectivity index (χ1) is 16.8. The summed E-state index contributed by atoms with van der Waals surface area (Å²) in [7, 11) is 0. The van der Waals surface area contributed by atoms with Crippen molar-refractivity contribution in [2.75, 3.05) is 0 Å². The van der Waals surface area contributed by atoms with Crippen molar-refractivity contribution in [2.45, 2.75) is 77.5 Å². The molecule has 6 nitrogen and oxygen atoms in total. The zero-order valence-corrected chi connectivity index (χ0v) is 22.8. The van der Waals surface area contributed by atoms with Gasteiger partial charge in [-0.15, -0.1) is 0 Å². The number of aliphatic carboxylic acids is 1. The van der Waals surface area contributed by atoms with Gasteiger partial charge in [0.2, 0.25) is 5.91 Å². The molecule has 1 fully saturated rings. The second kappa shape index (κ2) is 10.8. The van der Waals surface area contributed by atoms with Crippen molar-refractivity contribution >= 4 is 41.0 Å². The van der Waals surface area contributed by atoms with Crippen molar-refractivity contribution in [2.24, 2.45) is 5.41 Å². The molecule has 36 heavy (non-hydrogen) atoms. The van der Waals surface area contributed by atoms with E-state index in [0.29, 0.717) is 16.5 Å². The molecule has 2 aromatic carbocycles. The van der Waals surface area contributed by atoms with Crippen molar-refractivity contribution in [3.63, 3.8) is 0 Å². The molecular formula is C28H33Cl2NO5. The first kappa shape index (κ1) is 28.0. The third-order valence-electron chi connectivity index (χ3n) is 6.53. The molecular weight excluding hydrogens is 501 g/mol. The Bertz CT molecular complexity index is 1130. The third-order valence-corrected chi connectivity index (χ3v) is 7.02. The molecule has 1 unspecified atom stereocenters. The zero-order chi connectivity index (χ0) is 26.8. The summed E-state index contributed by atoms with van der Waals surface area (Å²) in [6.07, 6.45) is 0.209. The fourth-order valence-corrected chi connectivity index (χ4v) is 5.39. The molecule has 0 aromatic heterocycles. The molecule has 1 amide bonds. The zero-order valence-electron chi connectivity index (χ0n) is 21.3. The van der Waals surface area contributed by atoms with Crippen molar-refractivity contribution in [3.05, 3.63) is 69.7 Å². The SMILES string of the molecule is CCC(C(=O)OC(C)(C)C)N1C(=O)[C@@](C)(CC(=O)O)C[C@H](c2cccc(Cl)c2)[C@H]1c1ccc(Cl)cc1. The van der Waals surface area contributed by atoms with Crippen LogP contribution in [0.4, 0.5) is 0 Å². The van der Waals surface area contributed by atoms with Crippen LogP contribution in [0.25, 0.3) is 0 Å². The summed E-state index contributed by atoms with van der Waals surface area (Å²) in [4.78, 5) is 41.0. The molecule has 0 bridgehead atoms. The first-order valence-corrected chi connectivity index (χ1v) is 12.8. The summed E-state index contributed by atoms with van der Waals surface area (Å²) in [5, 5.41) is 10.8. The lowest BCUT2D eigenvalue weighted by atomic mass is 9.67. The Morgan fingerprint density at radius 1 is 1.11 bits per heavy atom. The Hall–Kier alpha value is -2.57. The van der Waals surface area contributed by atoms with E-state index in [-0.39, 0.29) is 24.7 Å². The highest BCUT2D eigenvalue weighted by atomic mass is 35.5. The van der Waals surface area contributed by atoms with Gasteiger partial charge >= 0.3 is 11.9 Å². The number of hydrogen-bond acceptors (Lipinski definition) is 4. The molecule has 0 aliphatic carbocycles. The molecule has 2 aromatic rings. The second-order valence-corrected chi connectivity index (χ2v) is 11.5. The molecule has 1 saturated heterocycles. The number of carbonyl (C=O) groups is 3. The number of nitrogens with zero attached hydrogens (tertiary/aromatic N) is 1. The highest BCUT2D eigenvalue weighted by Gasteiger charge is 2.53. The maximum absolute atomic E-state index is 14.2. The van der Waals surface area contributed by atoms with Gasteiger partial charge < -0.3 is 14.7 Å². The molecule has 4 atom stereocenters. The Morgan fingerprint density at radius 3 is 2.28 bits per heavy atom. The Kier molecular flexibility index (Phi) is 8.41. The molecule has 0 saturated carbocycles. The minimum Gasteiger partial charge on any atom is -0.481 e.